The molecule has 128 valence electrons. The third kappa shape index (κ3) is 5.14. The minimum Gasteiger partial charge on any atom is -0.345 e. The molecule has 2 heterocycles. The van der Waals surface area contributed by atoms with Gasteiger partial charge in [-0.2, -0.15) is 0 Å². The summed E-state index contributed by atoms with van der Waals surface area (Å²) < 4.78 is 0. The van der Waals surface area contributed by atoms with Gasteiger partial charge in [0.25, 0.3) is 5.91 Å². The molecule has 23 heavy (non-hydrogen) atoms. The van der Waals surface area contributed by atoms with Crippen LogP contribution < -0.4 is 11.1 Å². The van der Waals surface area contributed by atoms with Crippen molar-refractivity contribution in [3.8, 4) is 10.7 Å². The van der Waals surface area contributed by atoms with E-state index in [-0.39, 0.29) is 36.6 Å². The maximum atomic E-state index is 12.4. The zero-order valence-corrected chi connectivity index (χ0v) is 15.7. The molecule has 0 radical (unpaired) electrons. The van der Waals surface area contributed by atoms with Crippen molar-refractivity contribution in [1.82, 2.24) is 15.3 Å². The fraction of sp³-hybridized carbons (Fsp3) is 0.400. The van der Waals surface area contributed by atoms with Gasteiger partial charge in [0.05, 0.1) is 17.4 Å². The molecule has 0 spiro atoms. The summed E-state index contributed by atoms with van der Waals surface area (Å²) in [5, 5.41) is 3.75. The molecule has 5 nitrogen and oxygen atoms in total. The van der Waals surface area contributed by atoms with E-state index in [4.69, 9.17) is 5.73 Å². The predicted molar refractivity (Wildman–Crippen MR) is 99.6 cm³/mol. The lowest BCUT2D eigenvalue weighted by Crippen LogP contribution is -2.54. The second kappa shape index (κ2) is 9.17. The van der Waals surface area contributed by atoms with Crippen LogP contribution in [0.1, 0.15) is 30.4 Å². The van der Waals surface area contributed by atoms with Gasteiger partial charge in [-0.05, 0) is 25.0 Å². The molecule has 1 amide bonds. The highest BCUT2D eigenvalue weighted by atomic mass is 35.5. The SMILES string of the molecule is CC(C)C(C)(CN)NC(=O)c1cnc(-c2ccccn2)s1.Cl.Cl. The molecule has 0 saturated heterocycles. The maximum absolute atomic E-state index is 12.4. The zero-order valence-electron chi connectivity index (χ0n) is 13.3. The predicted octanol–water partition coefficient (Wildman–Crippen LogP) is 3.15. The first-order chi connectivity index (χ1) is 9.96. The smallest absolute Gasteiger partial charge is 0.263 e. The second-order valence-electron chi connectivity index (χ2n) is 5.48. The molecule has 0 fully saturated rings. The van der Waals surface area contributed by atoms with Gasteiger partial charge in [0, 0.05) is 12.7 Å². The molecule has 8 heteroatoms. The minimum atomic E-state index is -0.424. The van der Waals surface area contributed by atoms with Crippen LogP contribution in [0.15, 0.2) is 30.6 Å². The van der Waals surface area contributed by atoms with Crippen LogP contribution in [0.5, 0.6) is 0 Å². The first kappa shape index (κ1) is 21.8. The molecular weight excluding hydrogens is 355 g/mol. The van der Waals surface area contributed by atoms with Crippen molar-refractivity contribution in [3.63, 3.8) is 0 Å². The number of amides is 1. The number of carbonyl (C=O) groups is 1. The Morgan fingerprint density at radius 1 is 1.35 bits per heavy atom. The molecule has 0 aromatic carbocycles. The number of hydrogen-bond acceptors (Lipinski definition) is 5. The van der Waals surface area contributed by atoms with E-state index in [1.54, 1.807) is 12.4 Å². The van der Waals surface area contributed by atoms with E-state index in [0.29, 0.717) is 11.4 Å². The number of rotatable bonds is 5. The van der Waals surface area contributed by atoms with Crippen LogP contribution >= 0.6 is 36.2 Å². The molecule has 0 aliphatic heterocycles. The molecule has 0 bridgehead atoms. The third-order valence-electron chi connectivity index (χ3n) is 3.71. The second-order valence-corrected chi connectivity index (χ2v) is 6.51. The Kier molecular flexibility index (Phi) is 8.69. The molecule has 1 unspecified atom stereocenters. The van der Waals surface area contributed by atoms with E-state index in [1.807, 2.05) is 39.0 Å². The number of thiazole rings is 1. The number of nitrogens with zero attached hydrogens (tertiary/aromatic N) is 2. The molecule has 1 atom stereocenters. The van der Waals surface area contributed by atoms with Crippen molar-refractivity contribution < 1.29 is 4.79 Å². The normalized spacial score (nSPS) is 12.7. The molecule has 2 aromatic heterocycles. The lowest BCUT2D eigenvalue weighted by molar-refractivity contribution is 0.0887. The maximum Gasteiger partial charge on any atom is 0.263 e. The van der Waals surface area contributed by atoms with Gasteiger partial charge in [0.1, 0.15) is 9.88 Å². The van der Waals surface area contributed by atoms with Gasteiger partial charge in [-0.15, -0.1) is 36.2 Å². The molecule has 0 aliphatic carbocycles. The zero-order chi connectivity index (χ0) is 15.5. The fourth-order valence-corrected chi connectivity index (χ4v) is 2.53. The van der Waals surface area contributed by atoms with Crippen molar-refractivity contribution in [2.24, 2.45) is 11.7 Å². The van der Waals surface area contributed by atoms with Gasteiger partial charge in [0.15, 0.2) is 0 Å². The summed E-state index contributed by atoms with van der Waals surface area (Å²) in [6.45, 7) is 6.43. The Morgan fingerprint density at radius 3 is 2.57 bits per heavy atom. The number of nitrogens with two attached hydrogens (primary N) is 1. The number of aromatic nitrogens is 2. The largest absolute Gasteiger partial charge is 0.345 e. The summed E-state index contributed by atoms with van der Waals surface area (Å²) in [6, 6.07) is 5.62. The summed E-state index contributed by atoms with van der Waals surface area (Å²) in [5.74, 6) is 0.103. The number of hydrogen-bond donors (Lipinski definition) is 2. The number of carbonyl (C=O) groups excluding carboxylic acids is 1. The summed E-state index contributed by atoms with van der Waals surface area (Å²) in [7, 11) is 0. The highest BCUT2D eigenvalue weighted by Gasteiger charge is 2.29. The van der Waals surface area contributed by atoms with E-state index in [2.05, 4.69) is 15.3 Å². The van der Waals surface area contributed by atoms with Crippen molar-refractivity contribution >= 4 is 42.1 Å². The van der Waals surface area contributed by atoms with Crippen LogP contribution in [-0.4, -0.2) is 28.0 Å². The summed E-state index contributed by atoms with van der Waals surface area (Å²) in [6.07, 6.45) is 3.29. The average Bonchev–Trinajstić information content (AvgIpc) is 2.97. The molecular formula is C15H22Cl2N4OS. The standard InChI is InChI=1S/C15H20N4OS.2ClH/c1-10(2)15(3,9-16)19-13(20)12-8-18-14(21-12)11-6-4-5-7-17-11;;/h4-8,10H,9,16H2,1-3H3,(H,19,20);2*1H. The van der Waals surface area contributed by atoms with Crippen molar-refractivity contribution in [3.05, 3.63) is 35.5 Å². The van der Waals surface area contributed by atoms with Crippen LogP contribution in [-0.2, 0) is 0 Å². The van der Waals surface area contributed by atoms with Crippen molar-refractivity contribution in [1.29, 1.82) is 0 Å². The van der Waals surface area contributed by atoms with Gasteiger partial charge in [-0.3, -0.25) is 9.78 Å². The Labute approximate surface area is 152 Å². The Morgan fingerprint density at radius 2 is 2.04 bits per heavy atom. The van der Waals surface area contributed by atoms with Gasteiger partial charge < -0.3 is 11.1 Å². The number of nitrogens with one attached hydrogen (secondary N) is 1. The summed E-state index contributed by atoms with van der Waals surface area (Å²) in [5.41, 5.74) is 6.14. The Bertz CT molecular complexity index is 621. The topological polar surface area (TPSA) is 80.9 Å². The van der Waals surface area contributed by atoms with Crippen molar-refractivity contribution in [2.45, 2.75) is 26.3 Å². The minimum absolute atomic E-state index is 0. The highest BCUT2D eigenvalue weighted by molar-refractivity contribution is 7.16. The monoisotopic (exact) mass is 376 g/mol. The summed E-state index contributed by atoms with van der Waals surface area (Å²) >= 11 is 1.33. The van der Waals surface area contributed by atoms with Gasteiger partial charge in [0.2, 0.25) is 0 Å². The molecule has 0 aliphatic rings. The van der Waals surface area contributed by atoms with E-state index >= 15 is 0 Å². The lowest BCUT2D eigenvalue weighted by Gasteiger charge is -2.33. The van der Waals surface area contributed by atoms with E-state index < -0.39 is 5.54 Å². The van der Waals surface area contributed by atoms with Gasteiger partial charge >= 0.3 is 0 Å². The molecule has 2 rings (SSSR count). The fourth-order valence-electron chi connectivity index (χ4n) is 1.74. The molecule has 2 aromatic rings. The van der Waals surface area contributed by atoms with Gasteiger partial charge in [-0.25, -0.2) is 4.98 Å². The van der Waals surface area contributed by atoms with Crippen LogP contribution in [0.25, 0.3) is 10.7 Å². The van der Waals surface area contributed by atoms with Gasteiger partial charge in [-0.1, -0.05) is 19.9 Å². The van der Waals surface area contributed by atoms with Crippen LogP contribution in [0.4, 0.5) is 0 Å². The summed E-state index contributed by atoms with van der Waals surface area (Å²) in [4.78, 5) is 21.4. The van der Waals surface area contributed by atoms with E-state index in [0.717, 1.165) is 10.7 Å². The van der Waals surface area contributed by atoms with Crippen molar-refractivity contribution in [2.75, 3.05) is 6.54 Å². The lowest BCUT2D eigenvalue weighted by atomic mass is 9.88. The van der Waals surface area contributed by atoms with Crippen LogP contribution in [0.2, 0.25) is 0 Å². The highest BCUT2D eigenvalue weighted by Crippen LogP contribution is 2.24. The average molecular weight is 377 g/mol. The van der Waals surface area contributed by atoms with E-state index in [9.17, 15) is 4.79 Å². The molecule has 3 N–H and O–H groups in total. The van der Waals surface area contributed by atoms with E-state index in [1.165, 1.54) is 11.3 Å². The number of pyridine rings is 1. The molecule has 0 saturated carbocycles. The number of halogens is 2. The first-order valence-corrected chi connectivity index (χ1v) is 7.68. The van der Waals surface area contributed by atoms with Crippen LogP contribution in [0.3, 0.4) is 0 Å². The quantitative estimate of drug-likeness (QED) is 0.839. The Balaban J connectivity index is 0.00000242. The Hall–Kier alpha value is -1.21. The third-order valence-corrected chi connectivity index (χ3v) is 4.73. The van der Waals surface area contributed by atoms with Crippen LogP contribution in [0, 0.1) is 5.92 Å². The first-order valence-electron chi connectivity index (χ1n) is 6.86.